The van der Waals surface area contributed by atoms with Crippen molar-refractivity contribution in [2.75, 3.05) is 19.0 Å². The Kier molecular flexibility index (Phi) is 5.92. The Hall–Kier alpha value is -2.86. The van der Waals surface area contributed by atoms with Gasteiger partial charge in [0.25, 0.3) is 5.91 Å². The Balaban J connectivity index is 1.94. The molecule has 0 radical (unpaired) electrons. The summed E-state index contributed by atoms with van der Waals surface area (Å²) in [6.45, 7) is -0.480. The lowest BCUT2D eigenvalue weighted by Crippen LogP contribution is -2.21. The van der Waals surface area contributed by atoms with Gasteiger partial charge in [0.15, 0.2) is 6.61 Å². The second kappa shape index (κ2) is 8.12. The average Bonchev–Trinajstić information content (AvgIpc) is 2.61. The van der Waals surface area contributed by atoms with E-state index in [0.29, 0.717) is 10.7 Å². The molecule has 0 fully saturated rings. The van der Waals surface area contributed by atoms with Crippen molar-refractivity contribution in [2.45, 2.75) is 0 Å². The van der Waals surface area contributed by atoms with Crippen molar-refractivity contribution in [3.63, 3.8) is 0 Å². The molecule has 0 atom stereocenters. The third-order valence-electron chi connectivity index (χ3n) is 3.00. The first-order valence-corrected chi connectivity index (χ1v) is 7.29. The lowest BCUT2D eigenvalue weighted by atomic mass is 10.1. The van der Waals surface area contributed by atoms with Gasteiger partial charge in [-0.15, -0.1) is 0 Å². The van der Waals surface area contributed by atoms with Crippen LogP contribution in [0.3, 0.4) is 0 Å². The minimum atomic E-state index is -0.727. The molecule has 6 nitrogen and oxygen atoms in total. The summed E-state index contributed by atoms with van der Waals surface area (Å²) in [4.78, 5) is 35.2. The van der Waals surface area contributed by atoms with Crippen molar-refractivity contribution in [3.05, 3.63) is 64.7 Å². The highest BCUT2D eigenvalue weighted by Gasteiger charge is 2.14. The van der Waals surface area contributed by atoms with Gasteiger partial charge < -0.3 is 14.8 Å². The van der Waals surface area contributed by atoms with E-state index in [1.807, 2.05) is 0 Å². The number of halogens is 1. The quantitative estimate of drug-likeness (QED) is 0.841. The van der Waals surface area contributed by atoms with Crippen molar-refractivity contribution >= 4 is 35.1 Å². The molecule has 2 aromatic carbocycles. The Morgan fingerprint density at radius 3 is 2.33 bits per heavy atom. The molecule has 24 heavy (non-hydrogen) atoms. The van der Waals surface area contributed by atoms with Gasteiger partial charge in [-0.05, 0) is 30.3 Å². The lowest BCUT2D eigenvalue weighted by molar-refractivity contribution is -0.119. The van der Waals surface area contributed by atoms with Gasteiger partial charge in [-0.25, -0.2) is 9.59 Å². The molecule has 0 aromatic heterocycles. The molecule has 0 spiro atoms. The number of para-hydroxylation sites is 1. The number of hydrogen-bond acceptors (Lipinski definition) is 5. The molecule has 1 N–H and O–H groups in total. The monoisotopic (exact) mass is 347 g/mol. The molecule has 2 aromatic rings. The van der Waals surface area contributed by atoms with E-state index in [1.165, 1.54) is 31.4 Å². The summed E-state index contributed by atoms with van der Waals surface area (Å²) in [6, 6.07) is 12.5. The molecule has 0 unspecified atom stereocenters. The first-order valence-electron chi connectivity index (χ1n) is 6.91. The summed E-state index contributed by atoms with van der Waals surface area (Å²) < 4.78 is 9.50. The van der Waals surface area contributed by atoms with Crippen LogP contribution in [-0.4, -0.2) is 31.6 Å². The standard InChI is InChI=1S/C17H14ClNO5/c1-23-16(21)11-5-4-6-12(9-11)17(22)24-10-15(20)19-14-8-3-2-7-13(14)18/h2-9H,10H2,1H3,(H,19,20). The molecule has 0 saturated carbocycles. The molecule has 0 heterocycles. The van der Waals surface area contributed by atoms with Gasteiger partial charge in [-0.2, -0.15) is 0 Å². The van der Waals surface area contributed by atoms with Gasteiger partial charge in [0.2, 0.25) is 0 Å². The zero-order valence-electron chi connectivity index (χ0n) is 12.7. The van der Waals surface area contributed by atoms with Crippen molar-refractivity contribution in [3.8, 4) is 0 Å². The summed E-state index contributed by atoms with van der Waals surface area (Å²) in [6.07, 6.45) is 0. The molecule has 0 bridgehead atoms. The minimum absolute atomic E-state index is 0.142. The molecular weight excluding hydrogens is 334 g/mol. The van der Waals surface area contributed by atoms with Gasteiger partial charge in [-0.1, -0.05) is 29.8 Å². The van der Waals surface area contributed by atoms with E-state index in [4.69, 9.17) is 16.3 Å². The van der Waals surface area contributed by atoms with Crippen LogP contribution in [0.5, 0.6) is 0 Å². The number of esters is 2. The Morgan fingerprint density at radius 2 is 1.67 bits per heavy atom. The van der Waals surface area contributed by atoms with Crippen LogP contribution in [0.4, 0.5) is 5.69 Å². The number of nitrogens with one attached hydrogen (secondary N) is 1. The van der Waals surface area contributed by atoms with E-state index >= 15 is 0 Å². The zero-order valence-corrected chi connectivity index (χ0v) is 13.5. The van der Waals surface area contributed by atoms with E-state index in [9.17, 15) is 14.4 Å². The molecule has 124 valence electrons. The lowest BCUT2D eigenvalue weighted by Gasteiger charge is -2.08. The average molecular weight is 348 g/mol. The summed E-state index contributed by atoms with van der Waals surface area (Å²) in [5.41, 5.74) is 0.781. The summed E-state index contributed by atoms with van der Waals surface area (Å²) >= 11 is 5.92. The van der Waals surface area contributed by atoms with Crippen LogP contribution < -0.4 is 5.32 Å². The second-order valence-electron chi connectivity index (χ2n) is 4.68. The third-order valence-corrected chi connectivity index (χ3v) is 3.33. The van der Waals surface area contributed by atoms with Gasteiger partial charge in [-0.3, -0.25) is 4.79 Å². The van der Waals surface area contributed by atoms with Crippen molar-refractivity contribution < 1.29 is 23.9 Å². The maximum absolute atomic E-state index is 12.0. The minimum Gasteiger partial charge on any atom is -0.465 e. The number of benzene rings is 2. The predicted molar refractivity (Wildman–Crippen MR) is 88.1 cm³/mol. The van der Waals surface area contributed by atoms with Crippen LogP contribution in [0, 0.1) is 0 Å². The number of rotatable bonds is 5. The summed E-state index contributed by atoms with van der Waals surface area (Å²) in [7, 11) is 1.24. The van der Waals surface area contributed by atoms with Gasteiger partial charge in [0, 0.05) is 0 Å². The number of anilines is 1. The molecule has 7 heteroatoms. The van der Waals surface area contributed by atoms with Crippen LogP contribution in [0.2, 0.25) is 5.02 Å². The fourth-order valence-corrected chi connectivity index (χ4v) is 2.04. The number of amides is 1. The highest BCUT2D eigenvalue weighted by molar-refractivity contribution is 6.33. The summed E-state index contributed by atoms with van der Waals surface area (Å²) in [5.74, 6) is -1.82. The SMILES string of the molecule is COC(=O)c1cccc(C(=O)OCC(=O)Nc2ccccc2Cl)c1. The van der Waals surface area contributed by atoms with Gasteiger partial charge in [0.05, 0.1) is 28.9 Å². The molecule has 1 amide bonds. The van der Waals surface area contributed by atoms with E-state index in [-0.39, 0.29) is 11.1 Å². The first-order chi connectivity index (χ1) is 11.5. The van der Waals surface area contributed by atoms with Crippen LogP contribution in [0.1, 0.15) is 20.7 Å². The van der Waals surface area contributed by atoms with E-state index < -0.39 is 24.5 Å². The molecule has 0 aliphatic carbocycles. The largest absolute Gasteiger partial charge is 0.465 e. The van der Waals surface area contributed by atoms with E-state index in [0.717, 1.165) is 0 Å². The van der Waals surface area contributed by atoms with Gasteiger partial charge in [0.1, 0.15) is 0 Å². The number of carbonyl (C=O) groups is 3. The molecule has 0 aliphatic heterocycles. The first kappa shape index (κ1) is 17.5. The summed E-state index contributed by atoms with van der Waals surface area (Å²) in [5, 5.41) is 2.91. The third kappa shape index (κ3) is 4.57. The highest BCUT2D eigenvalue weighted by atomic mass is 35.5. The number of hydrogen-bond donors (Lipinski definition) is 1. The number of ether oxygens (including phenoxy) is 2. The zero-order chi connectivity index (χ0) is 17.5. The molecule has 0 aliphatic rings. The fraction of sp³-hybridized carbons (Fsp3) is 0.118. The van der Waals surface area contributed by atoms with Crippen LogP contribution in [0.25, 0.3) is 0 Å². The molecular formula is C17H14ClNO5. The van der Waals surface area contributed by atoms with Crippen LogP contribution in [-0.2, 0) is 14.3 Å². The Labute approximate surface area is 143 Å². The smallest absolute Gasteiger partial charge is 0.338 e. The topological polar surface area (TPSA) is 81.7 Å². The van der Waals surface area contributed by atoms with Crippen molar-refractivity contribution in [1.82, 2.24) is 0 Å². The maximum Gasteiger partial charge on any atom is 0.338 e. The highest BCUT2D eigenvalue weighted by Crippen LogP contribution is 2.20. The van der Waals surface area contributed by atoms with E-state index in [1.54, 1.807) is 24.3 Å². The number of carbonyl (C=O) groups excluding carboxylic acids is 3. The van der Waals surface area contributed by atoms with Crippen LogP contribution >= 0.6 is 11.6 Å². The maximum atomic E-state index is 12.0. The molecule has 0 saturated heterocycles. The van der Waals surface area contributed by atoms with Crippen LogP contribution in [0.15, 0.2) is 48.5 Å². The van der Waals surface area contributed by atoms with E-state index in [2.05, 4.69) is 10.1 Å². The predicted octanol–water partition coefficient (Wildman–Crippen LogP) is 2.92. The Morgan fingerprint density at radius 1 is 1.00 bits per heavy atom. The normalized spacial score (nSPS) is 9.92. The fourth-order valence-electron chi connectivity index (χ4n) is 1.85. The number of methoxy groups -OCH3 is 1. The second-order valence-corrected chi connectivity index (χ2v) is 5.08. The van der Waals surface area contributed by atoms with Gasteiger partial charge >= 0.3 is 11.9 Å². The van der Waals surface area contributed by atoms with Crippen molar-refractivity contribution in [1.29, 1.82) is 0 Å². The van der Waals surface area contributed by atoms with Crippen molar-refractivity contribution in [2.24, 2.45) is 0 Å². The molecule has 2 rings (SSSR count). The Bertz CT molecular complexity index is 775.